The van der Waals surface area contributed by atoms with E-state index in [4.69, 9.17) is 18.0 Å². The number of nitrogens with two attached hydrogens (primary N) is 1. The molecule has 0 fully saturated rings. The second-order valence-electron chi connectivity index (χ2n) is 4.51. The van der Waals surface area contributed by atoms with Crippen molar-refractivity contribution in [3.05, 3.63) is 29.3 Å². The van der Waals surface area contributed by atoms with Gasteiger partial charge in [-0.2, -0.15) is 0 Å². The van der Waals surface area contributed by atoms with Crippen LogP contribution in [0.15, 0.2) is 18.2 Å². The van der Waals surface area contributed by atoms with E-state index in [9.17, 15) is 9.90 Å². The molecule has 4 N–H and O–H groups in total. The van der Waals surface area contributed by atoms with E-state index in [-0.39, 0.29) is 16.6 Å². The van der Waals surface area contributed by atoms with Gasteiger partial charge in [0.2, 0.25) is 0 Å². The molecule has 4 nitrogen and oxygen atoms in total. The third kappa shape index (κ3) is 2.98. The predicted octanol–water partition coefficient (Wildman–Crippen LogP) is 1.89. The predicted molar refractivity (Wildman–Crippen MR) is 75.8 cm³/mol. The summed E-state index contributed by atoms with van der Waals surface area (Å²) in [7, 11) is 0. The van der Waals surface area contributed by atoms with Gasteiger partial charge in [-0.1, -0.05) is 25.2 Å². The number of hydrogen-bond acceptors (Lipinski definition) is 3. The number of aryl methyl sites for hydroxylation is 1. The molecule has 0 aliphatic rings. The molecule has 1 unspecified atom stereocenters. The van der Waals surface area contributed by atoms with Crippen molar-refractivity contribution in [3.8, 4) is 5.75 Å². The van der Waals surface area contributed by atoms with Crippen LogP contribution in [0.2, 0.25) is 0 Å². The third-order valence-corrected chi connectivity index (χ3v) is 3.56. The summed E-state index contributed by atoms with van der Waals surface area (Å²) in [6, 6.07) is 4.77. The number of carbonyl (C=O) groups excluding carboxylic acids is 1. The Balaban J connectivity index is 2.95. The van der Waals surface area contributed by atoms with Crippen LogP contribution in [0.4, 0.5) is 0 Å². The van der Waals surface area contributed by atoms with Crippen LogP contribution in [0.3, 0.4) is 0 Å². The lowest BCUT2D eigenvalue weighted by Crippen LogP contribution is -2.54. The lowest BCUT2D eigenvalue weighted by molar-refractivity contribution is 0.0926. The Kier molecular flexibility index (Phi) is 4.29. The van der Waals surface area contributed by atoms with Gasteiger partial charge in [-0.15, -0.1) is 0 Å². The van der Waals surface area contributed by atoms with E-state index in [1.807, 2.05) is 6.92 Å². The van der Waals surface area contributed by atoms with Crippen LogP contribution >= 0.6 is 12.2 Å². The van der Waals surface area contributed by atoms with Crippen molar-refractivity contribution in [1.82, 2.24) is 5.32 Å². The summed E-state index contributed by atoms with van der Waals surface area (Å²) in [5.74, 6) is -0.210. The molecule has 0 saturated carbocycles. The molecule has 1 atom stereocenters. The zero-order valence-electron chi connectivity index (χ0n) is 10.8. The molecule has 0 aromatic heterocycles. The topological polar surface area (TPSA) is 75.3 Å². The second kappa shape index (κ2) is 5.35. The Bertz CT molecular complexity index is 488. The number of phenolic OH excluding ortho intramolecular Hbond substituents is 1. The van der Waals surface area contributed by atoms with E-state index in [0.717, 1.165) is 5.56 Å². The van der Waals surface area contributed by atoms with Crippen LogP contribution in [0.1, 0.15) is 36.2 Å². The summed E-state index contributed by atoms with van der Waals surface area (Å²) in [6.45, 7) is 5.44. The highest BCUT2D eigenvalue weighted by Gasteiger charge is 2.28. The van der Waals surface area contributed by atoms with E-state index < -0.39 is 5.54 Å². The monoisotopic (exact) mass is 266 g/mol. The van der Waals surface area contributed by atoms with Crippen molar-refractivity contribution in [2.75, 3.05) is 0 Å². The molecule has 5 heteroatoms. The largest absolute Gasteiger partial charge is 0.508 e. The minimum Gasteiger partial charge on any atom is -0.508 e. The van der Waals surface area contributed by atoms with Gasteiger partial charge in [0.25, 0.3) is 5.91 Å². The fourth-order valence-corrected chi connectivity index (χ4v) is 1.59. The average molecular weight is 266 g/mol. The molecule has 98 valence electrons. The van der Waals surface area contributed by atoms with E-state index in [0.29, 0.717) is 12.0 Å². The van der Waals surface area contributed by atoms with Gasteiger partial charge in [0.05, 0.1) is 10.5 Å². The molecule has 0 aliphatic heterocycles. The Hall–Kier alpha value is -1.62. The van der Waals surface area contributed by atoms with Crippen LogP contribution in [0.25, 0.3) is 0 Å². The summed E-state index contributed by atoms with van der Waals surface area (Å²) in [6.07, 6.45) is 0.603. The maximum Gasteiger partial charge on any atom is 0.252 e. The molecule has 0 aliphatic carbocycles. The van der Waals surface area contributed by atoms with Crippen LogP contribution in [-0.4, -0.2) is 21.5 Å². The van der Waals surface area contributed by atoms with Crippen molar-refractivity contribution in [2.45, 2.75) is 32.7 Å². The van der Waals surface area contributed by atoms with E-state index in [2.05, 4.69) is 5.32 Å². The van der Waals surface area contributed by atoms with Crippen molar-refractivity contribution < 1.29 is 9.90 Å². The van der Waals surface area contributed by atoms with Crippen molar-refractivity contribution in [2.24, 2.45) is 5.73 Å². The average Bonchev–Trinajstić information content (AvgIpc) is 2.32. The number of hydrogen-bond donors (Lipinski definition) is 3. The standard InChI is InChI=1S/C13H18N2O2S/c1-4-13(3,12(14)18)15-11(17)9-6-5-8(2)10(16)7-9/h5-7,16H,4H2,1-3H3,(H2,14,18)(H,15,17). The Morgan fingerprint density at radius 1 is 1.56 bits per heavy atom. The van der Waals surface area contributed by atoms with Gasteiger partial charge in [-0.05, 0) is 38.0 Å². The maximum atomic E-state index is 12.0. The zero-order valence-corrected chi connectivity index (χ0v) is 11.6. The first-order chi connectivity index (χ1) is 8.30. The number of benzene rings is 1. The fourth-order valence-electron chi connectivity index (χ4n) is 1.40. The summed E-state index contributed by atoms with van der Waals surface area (Å²) < 4.78 is 0. The van der Waals surface area contributed by atoms with Gasteiger partial charge in [-0.25, -0.2) is 0 Å². The summed E-state index contributed by atoms with van der Waals surface area (Å²) in [5.41, 5.74) is 6.02. The summed E-state index contributed by atoms with van der Waals surface area (Å²) >= 11 is 4.96. The van der Waals surface area contributed by atoms with Crippen LogP contribution in [0, 0.1) is 6.92 Å². The maximum absolute atomic E-state index is 12.0. The second-order valence-corrected chi connectivity index (χ2v) is 4.95. The number of thiocarbonyl (C=S) groups is 1. The highest BCUT2D eigenvalue weighted by molar-refractivity contribution is 7.80. The molecule has 18 heavy (non-hydrogen) atoms. The quantitative estimate of drug-likeness (QED) is 0.727. The van der Waals surface area contributed by atoms with E-state index in [1.54, 1.807) is 26.0 Å². The van der Waals surface area contributed by atoms with Crippen molar-refractivity contribution >= 4 is 23.1 Å². The molecule has 1 amide bonds. The molecule has 0 heterocycles. The lowest BCUT2D eigenvalue weighted by Gasteiger charge is -2.28. The highest BCUT2D eigenvalue weighted by atomic mass is 32.1. The molecule has 1 aromatic carbocycles. The summed E-state index contributed by atoms with van der Waals surface area (Å²) in [5, 5.41) is 12.4. The molecule has 0 spiro atoms. The Morgan fingerprint density at radius 3 is 2.61 bits per heavy atom. The third-order valence-electron chi connectivity index (χ3n) is 3.11. The molecule has 0 radical (unpaired) electrons. The van der Waals surface area contributed by atoms with Crippen LogP contribution < -0.4 is 11.1 Å². The highest BCUT2D eigenvalue weighted by Crippen LogP contribution is 2.18. The van der Waals surface area contributed by atoms with Crippen molar-refractivity contribution in [3.63, 3.8) is 0 Å². The minimum atomic E-state index is -0.715. The van der Waals surface area contributed by atoms with Gasteiger partial charge < -0.3 is 16.2 Å². The first-order valence-corrected chi connectivity index (χ1v) is 6.13. The Labute approximate surface area is 112 Å². The molecular weight excluding hydrogens is 248 g/mol. The van der Waals surface area contributed by atoms with Crippen LogP contribution in [0.5, 0.6) is 5.75 Å². The molecular formula is C13H18N2O2S. The van der Waals surface area contributed by atoms with Crippen LogP contribution in [-0.2, 0) is 0 Å². The van der Waals surface area contributed by atoms with E-state index >= 15 is 0 Å². The first-order valence-electron chi connectivity index (χ1n) is 5.72. The van der Waals surface area contributed by atoms with E-state index in [1.165, 1.54) is 6.07 Å². The molecule has 0 bridgehead atoms. The number of amides is 1. The van der Waals surface area contributed by atoms with Gasteiger partial charge in [0.15, 0.2) is 0 Å². The van der Waals surface area contributed by atoms with Gasteiger partial charge in [0, 0.05) is 5.56 Å². The Morgan fingerprint density at radius 2 is 2.17 bits per heavy atom. The lowest BCUT2D eigenvalue weighted by atomic mass is 9.98. The minimum absolute atomic E-state index is 0.0937. The van der Waals surface area contributed by atoms with Gasteiger partial charge in [0.1, 0.15) is 5.75 Å². The number of aromatic hydroxyl groups is 1. The first kappa shape index (κ1) is 14.4. The molecule has 0 saturated heterocycles. The fraction of sp³-hybridized carbons (Fsp3) is 0.385. The van der Waals surface area contributed by atoms with Gasteiger partial charge >= 0.3 is 0 Å². The SMILES string of the molecule is CCC(C)(NC(=O)c1ccc(C)c(O)c1)C(N)=S. The number of rotatable bonds is 4. The number of carbonyl (C=O) groups is 1. The van der Waals surface area contributed by atoms with Gasteiger partial charge in [-0.3, -0.25) is 4.79 Å². The number of phenols is 1. The van der Waals surface area contributed by atoms with Crippen molar-refractivity contribution in [1.29, 1.82) is 0 Å². The molecule has 1 aromatic rings. The smallest absolute Gasteiger partial charge is 0.252 e. The molecule has 1 rings (SSSR count). The number of nitrogens with one attached hydrogen (secondary N) is 1. The normalized spacial score (nSPS) is 13.7. The zero-order chi connectivity index (χ0) is 13.9. The summed E-state index contributed by atoms with van der Waals surface area (Å²) in [4.78, 5) is 12.3.